The number of fused-ring (bicyclic) bond motifs is 2. The normalized spacial score (nSPS) is 9.24. The van der Waals surface area contributed by atoms with Gasteiger partial charge in [0.1, 0.15) is 0 Å². The van der Waals surface area contributed by atoms with Crippen LogP contribution in [0.1, 0.15) is 29.2 Å². The SMILES string of the molecule is C[CH]=[Zr].Cc1cccc2[cH-]ccc12.Cc1cccc2[cH-]ccc12.[CH2-]c1ccccc1.[CH2-]c1ccccc1. The number of rotatable bonds is 0. The fourth-order valence-corrected chi connectivity index (χ4v) is 3.60. The molecule has 0 saturated heterocycles. The van der Waals surface area contributed by atoms with Crippen molar-refractivity contribution in [2.45, 2.75) is 20.8 Å². The van der Waals surface area contributed by atoms with Crippen molar-refractivity contribution < 1.29 is 24.2 Å². The molecule has 188 valence electrons. The van der Waals surface area contributed by atoms with Crippen LogP contribution in [0.2, 0.25) is 0 Å². The molecule has 0 unspecified atom stereocenters. The molecule has 0 aliphatic heterocycles. The molecule has 0 spiro atoms. The summed E-state index contributed by atoms with van der Waals surface area (Å²) in [4.78, 5) is 0. The minimum Gasteiger partial charge on any atom is -0.199 e. The molecule has 0 atom stereocenters. The van der Waals surface area contributed by atoms with Gasteiger partial charge in [0.15, 0.2) is 0 Å². The molecule has 0 fully saturated rings. The number of hydrogen-bond acceptors (Lipinski definition) is 0. The average molecular weight is 560 g/mol. The summed E-state index contributed by atoms with van der Waals surface area (Å²) in [5, 5.41) is 5.45. The molecular formula is C36H36Zr-4. The van der Waals surface area contributed by atoms with Crippen molar-refractivity contribution in [2.75, 3.05) is 0 Å². The third kappa shape index (κ3) is 11.0. The largest absolute Gasteiger partial charge is 0.199 e. The molecule has 0 nitrogen and oxygen atoms in total. The van der Waals surface area contributed by atoms with Crippen LogP contribution >= 0.6 is 0 Å². The predicted octanol–water partition coefficient (Wildman–Crippen LogP) is 9.83. The summed E-state index contributed by atoms with van der Waals surface area (Å²) < 4.78 is 2.09. The molecule has 37 heavy (non-hydrogen) atoms. The Morgan fingerprint density at radius 3 is 1.16 bits per heavy atom. The third-order valence-corrected chi connectivity index (χ3v) is 5.48. The molecule has 1 heteroatoms. The summed E-state index contributed by atoms with van der Waals surface area (Å²) >= 11 is 1.51. The van der Waals surface area contributed by atoms with Gasteiger partial charge >= 0.3 is 34.9 Å². The first-order chi connectivity index (χ1) is 18.0. The molecule has 0 radical (unpaired) electrons. The van der Waals surface area contributed by atoms with Crippen LogP contribution in [0.5, 0.6) is 0 Å². The molecule has 0 heterocycles. The molecule has 0 bridgehead atoms. The number of hydrogen-bond donors (Lipinski definition) is 0. The van der Waals surface area contributed by atoms with E-state index in [9.17, 15) is 0 Å². The first-order valence-electron chi connectivity index (χ1n) is 12.4. The van der Waals surface area contributed by atoms with Gasteiger partial charge in [-0.05, 0) is 13.8 Å². The van der Waals surface area contributed by atoms with E-state index in [4.69, 9.17) is 0 Å². The van der Waals surface area contributed by atoms with Crippen molar-refractivity contribution in [3.8, 4) is 0 Å². The van der Waals surface area contributed by atoms with Crippen molar-refractivity contribution in [2.24, 2.45) is 0 Å². The van der Waals surface area contributed by atoms with Crippen molar-refractivity contribution in [3.63, 3.8) is 0 Å². The summed E-state index contributed by atoms with van der Waals surface area (Å²) in [6.45, 7) is 13.8. The standard InChI is InChI=1S/2C10H9.2C7H7.C2H4.Zr/c2*1-8-4-2-5-9-6-3-7-10(8)9;2*1-7-5-3-2-4-6-7;1-2;/h2*2-7H,1H3;2*2-6H,1H2;1H,2H3;/q4*-1;;. The Morgan fingerprint density at radius 2 is 0.892 bits per heavy atom. The molecule has 0 aliphatic rings. The summed E-state index contributed by atoms with van der Waals surface area (Å²) in [5.74, 6) is 0. The minimum absolute atomic E-state index is 1.07. The Kier molecular flexibility index (Phi) is 13.8. The van der Waals surface area contributed by atoms with Gasteiger partial charge in [-0.2, -0.15) is 73.5 Å². The van der Waals surface area contributed by atoms with Gasteiger partial charge in [0.05, 0.1) is 0 Å². The number of aryl methyl sites for hydroxylation is 2. The van der Waals surface area contributed by atoms with Crippen molar-refractivity contribution in [1.29, 1.82) is 0 Å². The van der Waals surface area contributed by atoms with E-state index in [1.807, 2.05) is 67.6 Å². The Bertz CT molecular complexity index is 1310. The zero-order chi connectivity index (χ0) is 26.9. The van der Waals surface area contributed by atoms with Gasteiger partial charge in [-0.3, -0.25) is 0 Å². The summed E-state index contributed by atoms with van der Waals surface area (Å²) in [7, 11) is 0. The zero-order valence-electron chi connectivity index (χ0n) is 22.2. The van der Waals surface area contributed by atoms with Crippen molar-refractivity contribution in [1.82, 2.24) is 0 Å². The fourth-order valence-electron chi connectivity index (χ4n) is 3.60. The predicted molar refractivity (Wildman–Crippen MR) is 162 cm³/mol. The van der Waals surface area contributed by atoms with E-state index in [0.29, 0.717) is 0 Å². The monoisotopic (exact) mass is 558 g/mol. The molecular weight excluding hydrogens is 524 g/mol. The van der Waals surface area contributed by atoms with Gasteiger partial charge < -0.3 is 0 Å². The molecule has 6 rings (SSSR count). The van der Waals surface area contributed by atoms with E-state index in [2.05, 4.69) is 104 Å². The van der Waals surface area contributed by atoms with E-state index in [-0.39, 0.29) is 0 Å². The van der Waals surface area contributed by atoms with E-state index in [1.54, 1.807) is 0 Å². The molecule has 0 aliphatic carbocycles. The second-order valence-corrected chi connectivity index (χ2v) is 9.89. The second-order valence-electron chi connectivity index (χ2n) is 8.47. The van der Waals surface area contributed by atoms with Crippen LogP contribution in [-0.2, 0) is 24.2 Å². The van der Waals surface area contributed by atoms with Gasteiger partial charge in [0.2, 0.25) is 0 Å². The van der Waals surface area contributed by atoms with Gasteiger partial charge in [-0.25, -0.2) is 0 Å². The van der Waals surface area contributed by atoms with Gasteiger partial charge in [-0.1, -0.05) is 35.4 Å². The maximum absolute atomic E-state index is 3.72. The minimum atomic E-state index is 1.07. The Morgan fingerprint density at radius 1 is 0.541 bits per heavy atom. The molecule has 0 saturated carbocycles. The molecule has 0 aromatic heterocycles. The molecule has 6 aromatic carbocycles. The van der Waals surface area contributed by atoms with E-state index >= 15 is 0 Å². The van der Waals surface area contributed by atoms with E-state index < -0.39 is 0 Å². The van der Waals surface area contributed by atoms with Crippen LogP contribution in [0.4, 0.5) is 0 Å². The molecule has 0 amide bonds. The van der Waals surface area contributed by atoms with Crippen LogP contribution in [0.15, 0.2) is 133 Å². The quantitative estimate of drug-likeness (QED) is 0.162. The average Bonchev–Trinajstić information content (AvgIpc) is 3.58. The molecule has 6 aromatic rings. The Balaban J connectivity index is 0.000000170. The summed E-state index contributed by atoms with van der Waals surface area (Å²) in [5.41, 5.74) is 4.87. The van der Waals surface area contributed by atoms with Crippen molar-refractivity contribution >= 4 is 25.3 Å². The number of benzene rings is 4. The topological polar surface area (TPSA) is 0 Å². The Labute approximate surface area is 238 Å². The van der Waals surface area contributed by atoms with Gasteiger partial charge in [-0.15, -0.1) is 82.2 Å². The van der Waals surface area contributed by atoms with Crippen LogP contribution < -0.4 is 0 Å². The van der Waals surface area contributed by atoms with Crippen LogP contribution in [0.25, 0.3) is 21.5 Å². The van der Waals surface area contributed by atoms with Gasteiger partial charge in [0, 0.05) is 0 Å². The second kappa shape index (κ2) is 17.1. The van der Waals surface area contributed by atoms with E-state index in [0.717, 1.165) is 11.1 Å². The smallest absolute Gasteiger partial charge is 0.0488 e. The summed E-state index contributed by atoms with van der Waals surface area (Å²) in [6, 6.07) is 45.3. The van der Waals surface area contributed by atoms with Crippen molar-refractivity contribution in [3.05, 3.63) is 170 Å². The van der Waals surface area contributed by atoms with Gasteiger partial charge in [0.25, 0.3) is 0 Å². The van der Waals surface area contributed by atoms with Crippen LogP contribution in [-0.4, -0.2) is 3.71 Å². The third-order valence-electron chi connectivity index (χ3n) is 5.48. The van der Waals surface area contributed by atoms with Crippen LogP contribution in [0, 0.1) is 27.7 Å². The fraction of sp³-hybridized carbons (Fsp3) is 0.0833. The first-order valence-corrected chi connectivity index (χ1v) is 13.8. The molecule has 0 N–H and O–H groups in total. The summed E-state index contributed by atoms with van der Waals surface area (Å²) in [6.07, 6.45) is 0. The maximum Gasteiger partial charge on any atom is -0.0488 e. The Hall–Kier alpha value is -3.41. The first kappa shape index (κ1) is 29.8. The zero-order valence-corrected chi connectivity index (χ0v) is 24.7. The maximum atomic E-state index is 3.72. The van der Waals surface area contributed by atoms with E-state index in [1.165, 1.54) is 56.9 Å². The van der Waals surface area contributed by atoms with Crippen LogP contribution in [0.3, 0.4) is 0 Å².